The Morgan fingerprint density at radius 1 is 1.29 bits per heavy atom. The normalized spacial score (nSPS) is 14.6. The standard InChI is InChI=1S/C16H24N4O/c1-3-9-18-15(21)11-19-16(17-2)20-10-8-13-6-4-5-7-14(13)12-20/h4-7H,3,8-12H2,1-2H3,(H,17,19)(H,18,21). The number of guanidine groups is 1. The lowest BCUT2D eigenvalue weighted by Gasteiger charge is -2.31. The molecule has 21 heavy (non-hydrogen) atoms. The molecule has 0 saturated carbocycles. The van der Waals surface area contributed by atoms with E-state index in [0.29, 0.717) is 0 Å². The molecule has 0 atom stereocenters. The van der Waals surface area contributed by atoms with E-state index in [4.69, 9.17) is 0 Å². The van der Waals surface area contributed by atoms with Crippen molar-refractivity contribution in [2.75, 3.05) is 26.7 Å². The first-order valence-corrected chi connectivity index (χ1v) is 7.53. The van der Waals surface area contributed by atoms with Crippen molar-refractivity contribution in [1.29, 1.82) is 0 Å². The third-order valence-electron chi connectivity index (χ3n) is 3.62. The summed E-state index contributed by atoms with van der Waals surface area (Å²) >= 11 is 0. The molecule has 1 heterocycles. The van der Waals surface area contributed by atoms with Gasteiger partial charge >= 0.3 is 0 Å². The number of nitrogens with one attached hydrogen (secondary N) is 2. The summed E-state index contributed by atoms with van der Waals surface area (Å²) in [5.41, 5.74) is 2.74. The van der Waals surface area contributed by atoms with Crippen molar-refractivity contribution in [2.45, 2.75) is 26.3 Å². The monoisotopic (exact) mass is 288 g/mol. The first kappa shape index (κ1) is 15.4. The van der Waals surface area contributed by atoms with Crippen LogP contribution in [0.3, 0.4) is 0 Å². The summed E-state index contributed by atoms with van der Waals surface area (Å²) in [6.45, 7) is 4.79. The van der Waals surface area contributed by atoms with E-state index in [1.165, 1.54) is 11.1 Å². The van der Waals surface area contributed by atoms with Gasteiger partial charge in [-0.2, -0.15) is 0 Å². The first-order valence-electron chi connectivity index (χ1n) is 7.53. The Balaban J connectivity index is 1.90. The van der Waals surface area contributed by atoms with Gasteiger partial charge in [-0.1, -0.05) is 31.2 Å². The molecule has 0 spiro atoms. The number of amides is 1. The average Bonchev–Trinajstić information content (AvgIpc) is 2.53. The van der Waals surface area contributed by atoms with Crippen LogP contribution in [-0.4, -0.2) is 43.4 Å². The van der Waals surface area contributed by atoms with Gasteiger partial charge in [0.1, 0.15) is 0 Å². The van der Waals surface area contributed by atoms with Crippen molar-refractivity contribution >= 4 is 11.9 Å². The van der Waals surface area contributed by atoms with Crippen molar-refractivity contribution in [3.05, 3.63) is 35.4 Å². The van der Waals surface area contributed by atoms with Gasteiger partial charge in [0.2, 0.25) is 5.91 Å². The predicted octanol–water partition coefficient (Wildman–Crippen LogP) is 1.15. The minimum absolute atomic E-state index is 0.00964. The van der Waals surface area contributed by atoms with Gasteiger partial charge in [-0.25, -0.2) is 0 Å². The highest BCUT2D eigenvalue weighted by Gasteiger charge is 2.18. The molecule has 0 bridgehead atoms. The maximum absolute atomic E-state index is 11.7. The van der Waals surface area contributed by atoms with Gasteiger partial charge in [0.25, 0.3) is 0 Å². The maximum Gasteiger partial charge on any atom is 0.239 e. The van der Waals surface area contributed by atoms with Crippen LogP contribution in [0.15, 0.2) is 29.3 Å². The van der Waals surface area contributed by atoms with Crippen LogP contribution in [0.2, 0.25) is 0 Å². The van der Waals surface area contributed by atoms with Crippen LogP contribution >= 0.6 is 0 Å². The van der Waals surface area contributed by atoms with Crippen LogP contribution in [-0.2, 0) is 17.8 Å². The van der Waals surface area contributed by atoms with E-state index in [1.807, 2.05) is 6.92 Å². The summed E-state index contributed by atoms with van der Waals surface area (Å²) in [6, 6.07) is 8.49. The van der Waals surface area contributed by atoms with E-state index < -0.39 is 0 Å². The smallest absolute Gasteiger partial charge is 0.239 e. The Morgan fingerprint density at radius 2 is 2.05 bits per heavy atom. The van der Waals surface area contributed by atoms with E-state index in [1.54, 1.807) is 7.05 Å². The molecule has 5 heteroatoms. The number of hydrogen-bond acceptors (Lipinski definition) is 2. The second-order valence-electron chi connectivity index (χ2n) is 5.19. The molecular formula is C16H24N4O. The topological polar surface area (TPSA) is 56.7 Å². The maximum atomic E-state index is 11.7. The molecule has 1 aromatic rings. The SMILES string of the molecule is CCCNC(=O)CNC(=NC)N1CCc2ccccc2C1. The molecule has 2 N–H and O–H groups in total. The van der Waals surface area contributed by atoms with E-state index in [0.717, 1.165) is 38.4 Å². The predicted molar refractivity (Wildman–Crippen MR) is 85.2 cm³/mol. The van der Waals surface area contributed by atoms with Crippen molar-refractivity contribution in [1.82, 2.24) is 15.5 Å². The van der Waals surface area contributed by atoms with Crippen LogP contribution in [0.4, 0.5) is 0 Å². The largest absolute Gasteiger partial charge is 0.355 e. The highest BCUT2D eigenvalue weighted by Crippen LogP contribution is 2.18. The van der Waals surface area contributed by atoms with Gasteiger partial charge in [0.15, 0.2) is 5.96 Å². The first-order chi connectivity index (χ1) is 10.2. The van der Waals surface area contributed by atoms with Crippen LogP contribution in [0.25, 0.3) is 0 Å². The fourth-order valence-electron chi connectivity index (χ4n) is 2.50. The molecule has 1 aliphatic heterocycles. The zero-order valence-corrected chi connectivity index (χ0v) is 12.9. The Kier molecular flexibility index (Phi) is 5.60. The summed E-state index contributed by atoms with van der Waals surface area (Å²) in [7, 11) is 1.76. The lowest BCUT2D eigenvalue weighted by molar-refractivity contribution is -0.120. The number of nitrogens with zero attached hydrogens (tertiary/aromatic N) is 2. The van der Waals surface area contributed by atoms with Gasteiger partial charge in [-0.05, 0) is 24.0 Å². The summed E-state index contributed by atoms with van der Waals surface area (Å²) < 4.78 is 0. The van der Waals surface area contributed by atoms with Crippen LogP contribution in [0, 0.1) is 0 Å². The number of carbonyl (C=O) groups excluding carboxylic acids is 1. The van der Waals surface area contributed by atoms with Crippen molar-refractivity contribution in [2.24, 2.45) is 4.99 Å². The van der Waals surface area contributed by atoms with Gasteiger partial charge in [-0.3, -0.25) is 9.79 Å². The average molecular weight is 288 g/mol. The Hall–Kier alpha value is -2.04. The van der Waals surface area contributed by atoms with Crippen LogP contribution in [0.5, 0.6) is 0 Å². The third kappa shape index (κ3) is 4.21. The number of benzene rings is 1. The number of hydrogen-bond donors (Lipinski definition) is 2. The van der Waals surface area contributed by atoms with E-state index in [2.05, 4.69) is 44.8 Å². The number of carbonyl (C=O) groups is 1. The molecule has 0 unspecified atom stereocenters. The Bertz CT molecular complexity index is 513. The second kappa shape index (κ2) is 7.67. The molecule has 114 valence electrons. The van der Waals surface area contributed by atoms with Gasteiger partial charge in [0, 0.05) is 26.7 Å². The van der Waals surface area contributed by atoms with Crippen LogP contribution in [0.1, 0.15) is 24.5 Å². The molecule has 0 fully saturated rings. The van der Waals surface area contributed by atoms with Gasteiger partial charge in [0.05, 0.1) is 6.54 Å². The Labute approximate surface area is 126 Å². The van der Waals surface area contributed by atoms with E-state index in [-0.39, 0.29) is 12.5 Å². The highest BCUT2D eigenvalue weighted by atomic mass is 16.1. The third-order valence-corrected chi connectivity index (χ3v) is 3.62. The zero-order chi connectivity index (χ0) is 15.1. The molecule has 1 amide bonds. The summed E-state index contributed by atoms with van der Waals surface area (Å²) in [4.78, 5) is 18.1. The molecule has 0 saturated heterocycles. The van der Waals surface area contributed by atoms with Crippen molar-refractivity contribution in [3.63, 3.8) is 0 Å². The molecule has 0 radical (unpaired) electrons. The number of rotatable bonds is 4. The van der Waals surface area contributed by atoms with Gasteiger partial charge < -0.3 is 15.5 Å². The van der Waals surface area contributed by atoms with Crippen molar-refractivity contribution in [3.8, 4) is 0 Å². The molecule has 0 aromatic heterocycles. The van der Waals surface area contributed by atoms with Crippen LogP contribution < -0.4 is 10.6 Å². The van der Waals surface area contributed by atoms with E-state index in [9.17, 15) is 4.79 Å². The summed E-state index contributed by atoms with van der Waals surface area (Å²) in [5, 5.41) is 6.00. The van der Waals surface area contributed by atoms with E-state index >= 15 is 0 Å². The summed E-state index contributed by atoms with van der Waals surface area (Å²) in [5.74, 6) is 0.798. The lowest BCUT2D eigenvalue weighted by Crippen LogP contribution is -2.47. The fraction of sp³-hybridized carbons (Fsp3) is 0.500. The van der Waals surface area contributed by atoms with Crippen molar-refractivity contribution < 1.29 is 4.79 Å². The lowest BCUT2D eigenvalue weighted by atomic mass is 10.0. The molecule has 5 nitrogen and oxygen atoms in total. The fourth-order valence-corrected chi connectivity index (χ4v) is 2.50. The number of aliphatic imine (C=N–C) groups is 1. The van der Waals surface area contributed by atoms with Gasteiger partial charge in [-0.15, -0.1) is 0 Å². The molecule has 1 aliphatic rings. The molecule has 0 aliphatic carbocycles. The molecule has 2 rings (SSSR count). The molecule has 1 aromatic carbocycles. The summed E-state index contributed by atoms with van der Waals surface area (Å²) in [6.07, 6.45) is 1.96. The minimum Gasteiger partial charge on any atom is -0.355 e. The zero-order valence-electron chi connectivity index (χ0n) is 12.9. The number of fused-ring (bicyclic) bond motifs is 1. The minimum atomic E-state index is 0.00964. The quantitative estimate of drug-likeness (QED) is 0.645. The highest BCUT2D eigenvalue weighted by molar-refractivity contribution is 5.86. The second-order valence-corrected chi connectivity index (χ2v) is 5.19. The Morgan fingerprint density at radius 3 is 2.76 bits per heavy atom. The molecular weight excluding hydrogens is 264 g/mol.